The van der Waals surface area contributed by atoms with Crippen molar-refractivity contribution in [2.45, 2.75) is 6.92 Å². The number of hydrogen-bond acceptors (Lipinski definition) is 3. The summed E-state index contributed by atoms with van der Waals surface area (Å²) in [7, 11) is 0. The molecule has 18 heavy (non-hydrogen) atoms. The zero-order valence-electron chi connectivity index (χ0n) is 9.33. The number of nitrogens with one attached hydrogen (secondary N) is 1. The Hall–Kier alpha value is -1.46. The number of benzene rings is 1. The maximum absolute atomic E-state index is 11.9. The summed E-state index contributed by atoms with van der Waals surface area (Å²) < 4.78 is 5.30. The average molecular weight is 331 g/mol. The molecule has 2 aromatic rings. The highest BCUT2D eigenvalue weighted by molar-refractivity contribution is 9.10. The highest BCUT2D eigenvalue weighted by Crippen LogP contribution is 2.31. The van der Waals surface area contributed by atoms with Gasteiger partial charge >= 0.3 is 0 Å². The number of furan rings is 1. The van der Waals surface area contributed by atoms with Crippen LogP contribution in [0.3, 0.4) is 0 Å². The molecule has 4 nitrogen and oxygen atoms in total. The van der Waals surface area contributed by atoms with E-state index in [1.807, 2.05) is 0 Å². The number of phenolic OH excluding ortho intramolecular Hbond substituents is 1. The number of aryl methyl sites for hydroxylation is 1. The standard InChI is InChI=1S/C12H9BrClNO3/c1-6-4-7(14)5-9(10(6)16)15-12(17)8-2-3-18-11(8)13/h2-5,16H,1H3,(H,15,17). The molecule has 2 N–H and O–H groups in total. The Bertz CT molecular complexity index is 609. The summed E-state index contributed by atoms with van der Waals surface area (Å²) in [4.78, 5) is 11.9. The van der Waals surface area contributed by atoms with Crippen LogP contribution in [-0.2, 0) is 0 Å². The molecule has 1 heterocycles. The van der Waals surface area contributed by atoms with Gasteiger partial charge in [-0.05, 0) is 46.6 Å². The second-order valence-electron chi connectivity index (χ2n) is 3.68. The minimum Gasteiger partial charge on any atom is -0.505 e. The molecule has 0 atom stereocenters. The zero-order chi connectivity index (χ0) is 13.3. The lowest BCUT2D eigenvalue weighted by Crippen LogP contribution is -2.11. The predicted octanol–water partition coefficient (Wildman–Crippen LogP) is 3.96. The van der Waals surface area contributed by atoms with Crippen LogP contribution >= 0.6 is 27.5 Å². The molecule has 0 radical (unpaired) electrons. The van der Waals surface area contributed by atoms with Crippen LogP contribution in [0.2, 0.25) is 5.02 Å². The lowest BCUT2D eigenvalue weighted by atomic mass is 10.2. The summed E-state index contributed by atoms with van der Waals surface area (Å²) in [6, 6.07) is 4.62. The van der Waals surface area contributed by atoms with Crippen LogP contribution in [-0.4, -0.2) is 11.0 Å². The second-order valence-corrected chi connectivity index (χ2v) is 4.84. The van der Waals surface area contributed by atoms with E-state index in [1.54, 1.807) is 13.0 Å². The van der Waals surface area contributed by atoms with Crippen LogP contribution in [0, 0.1) is 6.92 Å². The van der Waals surface area contributed by atoms with Crippen LogP contribution in [0.1, 0.15) is 15.9 Å². The molecular formula is C12H9BrClNO3. The monoisotopic (exact) mass is 329 g/mol. The van der Waals surface area contributed by atoms with Crippen LogP contribution in [0.4, 0.5) is 5.69 Å². The number of anilines is 1. The summed E-state index contributed by atoms with van der Waals surface area (Å²) in [5.41, 5.74) is 1.19. The van der Waals surface area contributed by atoms with Crippen molar-refractivity contribution >= 4 is 39.1 Å². The smallest absolute Gasteiger partial charge is 0.260 e. The van der Waals surface area contributed by atoms with Gasteiger partial charge in [0.1, 0.15) is 5.75 Å². The maximum Gasteiger partial charge on any atom is 0.260 e. The Kier molecular flexibility index (Phi) is 3.63. The van der Waals surface area contributed by atoms with Crippen molar-refractivity contribution in [3.8, 4) is 5.75 Å². The van der Waals surface area contributed by atoms with Gasteiger partial charge in [0.25, 0.3) is 5.91 Å². The van der Waals surface area contributed by atoms with Crippen LogP contribution in [0.25, 0.3) is 0 Å². The van der Waals surface area contributed by atoms with Crippen LogP contribution in [0.15, 0.2) is 33.5 Å². The van der Waals surface area contributed by atoms with Crippen LogP contribution < -0.4 is 5.32 Å². The molecule has 0 spiro atoms. The molecule has 2 rings (SSSR count). The summed E-state index contributed by atoms with van der Waals surface area (Å²) in [5.74, 6) is -0.403. The number of phenols is 1. The highest BCUT2D eigenvalue weighted by atomic mass is 79.9. The first kappa shape index (κ1) is 13.0. The zero-order valence-corrected chi connectivity index (χ0v) is 11.7. The van der Waals surface area contributed by atoms with Gasteiger partial charge in [-0.3, -0.25) is 4.79 Å². The van der Waals surface area contributed by atoms with E-state index >= 15 is 0 Å². The third-order valence-corrected chi connectivity index (χ3v) is 3.21. The van der Waals surface area contributed by atoms with E-state index in [-0.39, 0.29) is 11.4 Å². The van der Waals surface area contributed by atoms with E-state index in [9.17, 15) is 9.90 Å². The van der Waals surface area contributed by atoms with Gasteiger partial charge in [0, 0.05) is 5.02 Å². The molecule has 94 valence electrons. The third-order valence-electron chi connectivity index (χ3n) is 2.38. The molecule has 0 aliphatic rings. The largest absolute Gasteiger partial charge is 0.505 e. The Morgan fingerprint density at radius 1 is 1.50 bits per heavy atom. The number of amides is 1. The minimum atomic E-state index is -0.396. The van der Waals surface area contributed by atoms with Gasteiger partial charge in [0.05, 0.1) is 17.5 Å². The van der Waals surface area contributed by atoms with Crippen molar-refractivity contribution in [3.63, 3.8) is 0 Å². The van der Waals surface area contributed by atoms with Gasteiger partial charge < -0.3 is 14.8 Å². The van der Waals surface area contributed by atoms with Crippen molar-refractivity contribution in [3.05, 3.63) is 45.3 Å². The molecule has 1 amide bonds. The quantitative estimate of drug-likeness (QED) is 0.819. The normalized spacial score (nSPS) is 10.4. The number of rotatable bonds is 2. The fourth-order valence-corrected chi connectivity index (χ4v) is 2.17. The molecule has 0 fully saturated rings. The molecule has 0 saturated heterocycles. The molecule has 0 aliphatic carbocycles. The fourth-order valence-electron chi connectivity index (χ4n) is 1.48. The van der Waals surface area contributed by atoms with Gasteiger partial charge in [-0.25, -0.2) is 0 Å². The number of hydrogen-bond donors (Lipinski definition) is 2. The van der Waals surface area contributed by atoms with E-state index in [1.165, 1.54) is 18.4 Å². The van der Waals surface area contributed by atoms with Crippen LogP contribution in [0.5, 0.6) is 5.75 Å². The van der Waals surface area contributed by atoms with Gasteiger partial charge in [-0.15, -0.1) is 0 Å². The predicted molar refractivity (Wildman–Crippen MR) is 72.2 cm³/mol. The topological polar surface area (TPSA) is 62.5 Å². The molecule has 1 aromatic heterocycles. The molecule has 1 aromatic carbocycles. The summed E-state index contributed by atoms with van der Waals surface area (Å²) >= 11 is 8.98. The van der Waals surface area contributed by atoms with Gasteiger partial charge in [0.15, 0.2) is 4.67 Å². The average Bonchev–Trinajstić information content (AvgIpc) is 2.71. The Morgan fingerprint density at radius 2 is 2.22 bits per heavy atom. The minimum absolute atomic E-state index is 0.00707. The van der Waals surface area contributed by atoms with Crippen molar-refractivity contribution in [2.24, 2.45) is 0 Å². The Balaban J connectivity index is 2.30. The lowest BCUT2D eigenvalue weighted by Gasteiger charge is -2.09. The number of carbonyl (C=O) groups excluding carboxylic acids is 1. The first-order chi connectivity index (χ1) is 8.49. The lowest BCUT2D eigenvalue weighted by molar-refractivity contribution is 0.102. The summed E-state index contributed by atoms with van der Waals surface area (Å²) in [6.45, 7) is 1.70. The molecule has 0 bridgehead atoms. The number of aromatic hydroxyl groups is 1. The maximum atomic E-state index is 11.9. The molecular weight excluding hydrogens is 321 g/mol. The summed E-state index contributed by atoms with van der Waals surface area (Å²) in [6.07, 6.45) is 1.39. The third kappa shape index (κ3) is 2.52. The van der Waals surface area contributed by atoms with E-state index < -0.39 is 5.91 Å². The van der Waals surface area contributed by atoms with E-state index in [0.717, 1.165) is 0 Å². The first-order valence-corrected chi connectivity index (χ1v) is 6.19. The fraction of sp³-hybridized carbons (Fsp3) is 0.0833. The molecule has 0 aliphatic heterocycles. The molecule has 6 heteroatoms. The van der Waals surface area contributed by atoms with Crippen molar-refractivity contribution < 1.29 is 14.3 Å². The number of halogens is 2. The molecule has 0 saturated carbocycles. The van der Waals surface area contributed by atoms with Crippen molar-refractivity contribution in [1.82, 2.24) is 0 Å². The number of carbonyl (C=O) groups is 1. The van der Waals surface area contributed by atoms with E-state index in [0.29, 0.717) is 20.8 Å². The second kappa shape index (κ2) is 5.04. The van der Waals surface area contributed by atoms with Crippen molar-refractivity contribution in [1.29, 1.82) is 0 Å². The Morgan fingerprint density at radius 3 is 2.83 bits per heavy atom. The van der Waals surface area contributed by atoms with Gasteiger partial charge in [0.2, 0.25) is 0 Å². The van der Waals surface area contributed by atoms with Gasteiger partial charge in [-0.1, -0.05) is 11.6 Å². The van der Waals surface area contributed by atoms with Gasteiger partial charge in [-0.2, -0.15) is 0 Å². The van der Waals surface area contributed by atoms with E-state index in [4.69, 9.17) is 16.0 Å². The highest BCUT2D eigenvalue weighted by Gasteiger charge is 2.15. The van der Waals surface area contributed by atoms with Crippen molar-refractivity contribution in [2.75, 3.05) is 5.32 Å². The van der Waals surface area contributed by atoms with E-state index in [2.05, 4.69) is 21.2 Å². The Labute approximate surface area is 117 Å². The molecule has 0 unspecified atom stereocenters. The first-order valence-electron chi connectivity index (χ1n) is 5.02. The SMILES string of the molecule is Cc1cc(Cl)cc(NC(=O)c2ccoc2Br)c1O. The summed E-state index contributed by atoms with van der Waals surface area (Å²) in [5, 5.41) is 12.8.